The molecule has 1 aromatic carbocycles. The van der Waals surface area contributed by atoms with Crippen LogP contribution in [-0.2, 0) is 20.9 Å². The number of benzene rings is 1. The fourth-order valence-electron chi connectivity index (χ4n) is 1.40. The fourth-order valence-corrected chi connectivity index (χ4v) is 1.40. The molecule has 0 aliphatic rings. The Bertz CT molecular complexity index is 414. The van der Waals surface area contributed by atoms with Crippen molar-refractivity contribution >= 4 is 11.9 Å². The molecule has 0 fully saturated rings. The Hall–Kier alpha value is -2.10. The molecule has 96 valence electrons. The molecular weight excluding hydrogens is 230 g/mol. The number of carbonyl (C=O) groups excluding carboxylic acids is 2. The number of hydrogen-bond acceptors (Lipinski definition) is 3. The first kappa shape index (κ1) is 14.0. The Morgan fingerprint density at radius 3 is 2.56 bits per heavy atom. The van der Waals surface area contributed by atoms with Crippen LogP contribution in [0.5, 0.6) is 0 Å². The quantitative estimate of drug-likeness (QED) is 0.568. The van der Waals surface area contributed by atoms with E-state index in [1.807, 2.05) is 30.3 Å². The van der Waals surface area contributed by atoms with Gasteiger partial charge >= 0.3 is 5.97 Å². The van der Waals surface area contributed by atoms with Gasteiger partial charge in [-0.2, -0.15) is 0 Å². The molecule has 0 unspecified atom stereocenters. The molecule has 0 radical (unpaired) electrons. The summed E-state index contributed by atoms with van der Waals surface area (Å²) in [7, 11) is 0. The Kier molecular flexibility index (Phi) is 5.64. The minimum absolute atomic E-state index is 0.0474. The Balaban J connectivity index is 2.41. The van der Waals surface area contributed by atoms with Crippen LogP contribution in [0.1, 0.15) is 12.5 Å². The average Bonchev–Trinajstić information content (AvgIpc) is 2.37. The van der Waals surface area contributed by atoms with Gasteiger partial charge in [-0.25, -0.2) is 0 Å². The number of nitrogens with zero attached hydrogens (tertiary/aromatic N) is 1. The van der Waals surface area contributed by atoms with E-state index >= 15 is 0 Å². The average molecular weight is 247 g/mol. The van der Waals surface area contributed by atoms with Gasteiger partial charge < -0.3 is 9.64 Å². The maximum atomic E-state index is 11.6. The van der Waals surface area contributed by atoms with E-state index in [1.54, 1.807) is 6.08 Å². The molecule has 0 atom stereocenters. The van der Waals surface area contributed by atoms with Crippen LogP contribution in [0.25, 0.3) is 0 Å². The highest BCUT2D eigenvalue weighted by Gasteiger charge is 2.13. The summed E-state index contributed by atoms with van der Waals surface area (Å²) in [6.07, 6.45) is 1.58. The Morgan fingerprint density at radius 2 is 2.00 bits per heavy atom. The van der Waals surface area contributed by atoms with Crippen molar-refractivity contribution in [2.75, 3.05) is 13.1 Å². The highest BCUT2D eigenvalue weighted by atomic mass is 16.5. The van der Waals surface area contributed by atoms with Gasteiger partial charge in [0.15, 0.2) is 0 Å². The van der Waals surface area contributed by atoms with Gasteiger partial charge in [0.2, 0.25) is 5.91 Å². The van der Waals surface area contributed by atoms with Crippen LogP contribution in [0.2, 0.25) is 0 Å². The van der Waals surface area contributed by atoms with Crippen molar-refractivity contribution in [1.29, 1.82) is 0 Å². The van der Waals surface area contributed by atoms with Gasteiger partial charge in [-0.3, -0.25) is 9.59 Å². The summed E-state index contributed by atoms with van der Waals surface area (Å²) in [5.74, 6) is -0.595. The summed E-state index contributed by atoms with van der Waals surface area (Å²) >= 11 is 0. The van der Waals surface area contributed by atoms with Crippen molar-refractivity contribution in [2.45, 2.75) is 13.5 Å². The van der Waals surface area contributed by atoms with Crippen LogP contribution in [0, 0.1) is 0 Å². The van der Waals surface area contributed by atoms with Crippen molar-refractivity contribution in [3.05, 3.63) is 48.6 Å². The zero-order chi connectivity index (χ0) is 13.4. The lowest BCUT2D eigenvalue weighted by atomic mass is 10.2. The maximum absolute atomic E-state index is 11.6. The summed E-state index contributed by atoms with van der Waals surface area (Å²) in [4.78, 5) is 24.1. The second kappa shape index (κ2) is 7.27. The summed E-state index contributed by atoms with van der Waals surface area (Å²) in [5, 5.41) is 0. The maximum Gasteiger partial charge on any atom is 0.325 e. The van der Waals surface area contributed by atoms with Crippen LogP contribution in [-0.4, -0.2) is 29.9 Å². The van der Waals surface area contributed by atoms with E-state index in [0.29, 0.717) is 6.54 Å². The lowest BCUT2D eigenvalue weighted by Gasteiger charge is -2.17. The van der Waals surface area contributed by atoms with Crippen LogP contribution >= 0.6 is 0 Å². The van der Waals surface area contributed by atoms with Crippen LogP contribution in [0.3, 0.4) is 0 Å². The molecule has 4 nitrogen and oxygen atoms in total. The minimum Gasteiger partial charge on any atom is -0.459 e. The van der Waals surface area contributed by atoms with Crippen LogP contribution < -0.4 is 0 Å². The molecule has 0 bridgehead atoms. The lowest BCUT2D eigenvalue weighted by molar-refractivity contribution is -0.149. The van der Waals surface area contributed by atoms with Gasteiger partial charge in [0.05, 0.1) is 0 Å². The van der Waals surface area contributed by atoms with Crippen molar-refractivity contribution in [2.24, 2.45) is 0 Å². The molecule has 1 amide bonds. The molecule has 18 heavy (non-hydrogen) atoms. The first-order valence-electron chi connectivity index (χ1n) is 5.69. The van der Waals surface area contributed by atoms with Crippen molar-refractivity contribution in [3.8, 4) is 0 Å². The number of amides is 1. The summed E-state index contributed by atoms with van der Waals surface area (Å²) in [6, 6.07) is 9.40. The molecule has 0 spiro atoms. The minimum atomic E-state index is -0.420. The summed E-state index contributed by atoms with van der Waals surface area (Å²) in [6.45, 7) is 5.47. The zero-order valence-corrected chi connectivity index (χ0v) is 10.5. The first-order chi connectivity index (χ1) is 8.63. The third-order valence-corrected chi connectivity index (χ3v) is 2.36. The van der Waals surface area contributed by atoms with Crippen molar-refractivity contribution in [3.63, 3.8) is 0 Å². The predicted molar refractivity (Wildman–Crippen MR) is 68.7 cm³/mol. The first-order valence-corrected chi connectivity index (χ1v) is 5.69. The molecule has 0 aliphatic carbocycles. The van der Waals surface area contributed by atoms with Gasteiger partial charge in [0.25, 0.3) is 0 Å². The third-order valence-electron chi connectivity index (χ3n) is 2.36. The van der Waals surface area contributed by atoms with E-state index in [0.717, 1.165) is 5.56 Å². The highest BCUT2D eigenvalue weighted by molar-refractivity contribution is 5.80. The molecule has 0 aliphatic heterocycles. The fraction of sp³-hybridized carbons (Fsp3) is 0.286. The molecule has 0 heterocycles. The molecule has 1 aromatic rings. The topological polar surface area (TPSA) is 46.6 Å². The molecule has 4 heteroatoms. The summed E-state index contributed by atoms with van der Waals surface area (Å²) in [5.41, 5.74) is 0.920. The standard InChI is InChI=1S/C14H17NO3/c1-3-9-15(12(2)16)10-14(17)18-11-13-7-5-4-6-8-13/h3-8H,1,9-11H2,2H3. The van der Waals surface area contributed by atoms with E-state index in [-0.39, 0.29) is 19.1 Å². The second-order valence-electron chi connectivity index (χ2n) is 3.83. The van der Waals surface area contributed by atoms with Crippen LogP contribution in [0.15, 0.2) is 43.0 Å². The van der Waals surface area contributed by atoms with E-state index in [2.05, 4.69) is 6.58 Å². The highest BCUT2D eigenvalue weighted by Crippen LogP contribution is 2.01. The van der Waals surface area contributed by atoms with Crippen molar-refractivity contribution < 1.29 is 14.3 Å². The molecule has 0 N–H and O–H groups in total. The normalized spacial score (nSPS) is 9.61. The number of esters is 1. The summed E-state index contributed by atoms with van der Waals surface area (Å²) < 4.78 is 5.09. The van der Waals surface area contributed by atoms with Gasteiger partial charge in [-0.15, -0.1) is 6.58 Å². The number of hydrogen-bond donors (Lipinski definition) is 0. The van der Waals surface area contributed by atoms with E-state index in [9.17, 15) is 9.59 Å². The number of carbonyl (C=O) groups is 2. The largest absolute Gasteiger partial charge is 0.459 e. The predicted octanol–water partition coefficient (Wildman–Crippen LogP) is 1.76. The smallest absolute Gasteiger partial charge is 0.325 e. The molecular formula is C14H17NO3. The number of ether oxygens (including phenoxy) is 1. The second-order valence-corrected chi connectivity index (χ2v) is 3.83. The Morgan fingerprint density at radius 1 is 1.33 bits per heavy atom. The molecule has 1 rings (SSSR count). The third kappa shape index (κ3) is 4.82. The SMILES string of the molecule is C=CCN(CC(=O)OCc1ccccc1)C(C)=O. The lowest BCUT2D eigenvalue weighted by Crippen LogP contribution is -2.34. The van der Waals surface area contributed by atoms with Gasteiger partial charge in [0.1, 0.15) is 13.2 Å². The van der Waals surface area contributed by atoms with E-state index in [4.69, 9.17) is 4.74 Å². The molecule has 0 aromatic heterocycles. The Labute approximate surface area is 107 Å². The van der Waals surface area contributed by atoms with Gasteiger partial charge in [-0.1, -0.05) is 36.4 Å². The monoisotopic (exact) mass is 247 g/mol. The zero-order valence-electron chi connectivity index (χ0n) is 10.5. The molecule has 0 saturated heterocycles. The molecule has 0 saturated carbocycles. The number of rotatable bonds is 6. The van der Waals surface area contributed by atoms with Gasteiger partial charge in [-0.05, 0) is 5.56 Å². The van der Waals surface area contributed by atoms with Gasteiger partial charge in [0, 0.05) is 13.5 Å². The van der Waals surface area contributed by atoms with Crippen molar-refractivity contribution in [1.82, 2.24) is 4.90 Å². The van der Waals surface area contributed by atoms with E-state index < -0.39 is 5.97 Å². The van der Waals surface area contributed by atoms with Crippen LogP contribution in [0.4, 0.5) is 0 Å². The van der Waals surface area contributed by atoms with E-state index in [1.165, 1.54) is 11.8 Å².